The molecule has 2 unspecified atom stereocenters. The zero-order valence-corrected chi connectivity index (χ0v) is 14.6. The summed E-state index contributed by atoms with van der Waals surface area (Å²) in [5.41, 5.74) is 0. The fourth-order valence-corrected chi connectivity index (χ4v) is 5.00. The van der Waals surface area contributed by atoms with Crippen molar-refractivity contribution >= 4 is 40.5 Å². The molecule has 0 aliphatic heterocycles. The average Bonchev–Trinajstić information content (AvgIpc) is 2.21. The molecular weight excluding hydrogens is 404 g/mol. The minimum Gasteiger partial charge on any atom is -0.286 e. The second kappa shape index (κ2) is 7.68. The molecule has 0 saturated heterocycles. The lowest BCUT2D eigenvalue weighted by molar-refractivity contribution is 0.436. The SMILES string of the molecule is O=S(=O)(O)CCC(CC(CCS(=O)(=O)O)S(=O)(=O)O)S(=O)(=O)O. The van der Waals surface area contributed by atoms with Gasteiger partial charge in [-0.3, -0.25) is 18.2 Å². The first kappa shape index (κ1) is 22.6. The summed E-state index contributed by atoms with van der Waals surface area (Å²) in [6.45, 7) is 0. The number of rotatable bonds is 10. The maximum Gasteiger partial charge on any atom is 0.267 e. The summed E-state index contributed by atoms with van der Waals surface area (Å²) in [6.07, 6.45) is -2.83. The standard InChI is InChI=1S/C7H16O12S4/c8-20(9,10)3-1-6(22(14,15)16)5-7(23(17,18)19)2-4-21(11,12)13/h6-7H,1-5H2,(H,8,9,10)(H,11,12,13)(H,14,15,16)(H,17,18,19). The van der Waals surface area contributed by atoms with E-state index in [9.17, 15) is 33.7 Å². The van der Waals surface area contributed by atoms with E-state index >= 15 is 0 Å². The Morgan fingerprint density at radius 2 is 0.826 bits per heavy atom. The van der Waals surface area contributed by atoms with Gasteiger partial charge in [-0.1, -0.05) is 0 Å². The fraction of sp³-hybridized carbons (Fsp3) is 1.00. The first-order valence-corrected chi connectivity index (χ1v) is 12.0. The molecule has 0 aliphatic carbocycles. The zero-order chi connectivity index (χ0) is 18.7. The van der Waals surface area contributed by atoms with Crippen LogP contribution in [0.3, 0.4) is 0 Å². The van der Waals surface area contributed by atoms with Crippen LogP contribution in [0.5, 0.6) is 0 Å². The van der Waals surface area contributed by atoms with Gasteiger partial charge in [0.25, 0.3) is 40.5 Å². The van der Waals surface area contributed by atoms with Gasteiger partial charge in [-0.15, -0.1) is 0 Å². The van der Waals surface area contributed by atoms with Crippen molar-refractivity contribution in [1.29, 1.82) is 0 Å². The highest BCUT2D eigenvalue weighted by atomic mass is 32.2. The Hall–Kier alpha value is -0.360. The lowest BCUT2D eigenvalue weighted by Gasteiger charge is -2.19. The van der Waals surface area contributed by atoms with Crippen LogP contribution in [0.15, 0.2) is 0 Å². The van der Waals surface area contributed by atoms with Gasteiger partial charge in [-0.05, 0) is 19.3 Å². The summed E-state index contributed by atoms with van der Waals surface area (Å²) in [5.74, 6) is -2.23. The molecule has 0 rings (SSSR count). The summed E-state index contributed by atoms with van der Waals surface area (Å²) in [4.78, 5) is 0. The van der Waals surface area contributed by atoms with Crippen LogP contribution in [0.2, 0.25) is 0 Å². The summed E-state index contributed by atoms with van der Waals surface area (Å²) >= 11 is 0. The van der Waals surface area contributed by atoms with Crippen molar-refractivity contribution in [3.05, 3.63) is 0 Å². The van der Waals surface area contributed by atoms with Crippen LogP contribution in [0, 0.1) is 0 Å². The van der Waals surface area contributed by atoms with Crippen molar-refractivity contribution in [2.75, 3.05) is 11.5 Å². The predicted molar refractivity (Wildman–Crippen MR) is 77.4 cm³/mol. The second-order valence-corrected chi connectivity index (χ2v) is 11.2. The Balaban J connectivity index is 5.37. The molecule has 140 valence electrons. The molecule has 4 N–H and O–H groups in total. The highest BCUT2D eigenvalue weighted by Crippen LogP contribution is 2.20. The number of hydrogen-bond donors (Lipinski definition) is 4. The fourth-order valence-electron chi connectivity index (χ4n) is 1.63. The van der Waals surface area contributed by atoms with Crippen molar-refractivity contribution in [3.8, 4) is 0 Å². The first-order chi connectivity index (χ1) is 9.92. The van der Waals surface area contributed by atoms with Gasteiger partial charge >= 0.3 is 0 Å². The third-order valence-corrected chi connectivity index (χ3v) is 6.81. The zero-order valence-electron chi connectivity index (χ0n) is 11.4. The van der Waals surface area contributed by atoms with Crippen LogP contribution < -0.4 is 0 Å². The molecule has 0 aliphatic rings. The smallest absolute Gasteiger partial charge is 0.267 e. The van der Waals surface area contributed by atoms with Gasteiger partial charge < -0.3 is 0 Å². The Bertz CT molecular complexity index is 733. The van der Waals surface area contributed by atoms with Crippen molar-refractivity contribution in [2.24, 2.45) is 0 Å². The monoisotopic (exact) mass is 420 g/mol. The van der Waals surface area contributed by atoms with Crippen LogP contribution >= 0.6 is 0 Å². The lowest BCUT2D eigenvalue weighted by atomic mass is 10.1. The van der Waals surface area contributed by atoms with E-state index < -0.39 is 81.7 Å². The van der Waals surface area contributed by atoms with E-state index in [0.717, 1.165) is 0 Å². The molecule has 23 heavy (non-hydrogen) atoms. The van der Waals surface area contributed by atoms with Crippen LogP contribution in [-0.2, 0) is 40.5 Å². The molecule has 0 heterocycles. The Kier molecular flexibility index (Phi) is 7.56. The maximum atomic E-state index is 11.1. The maximum absolute atomic E-state index is 11.1. The molecule has 0 saturated carbocycles. The van der Waals surface area contributed by atoms with E-state index in [4.69, 9.17) is 18.2 Å². The van der Waals surface area contributed by atoms with E-state index in [-0.39, 0.29) is 0 Å². The Labute approximate surface area is 133 Å². The third-order valence-electron chi connectivity index (χ3n) is 2.76. The van der Waals surface area contributed by atoms with E-state index in [1.807, 2.05) is 0 Å². The molecule has 0 fully saturated rings. The minimum atomic E-state index is -4.96. The van der Waals surface area contributed by atoms with Crippen LogP contribution in [0.1, 0.15) is 19.3 Å². The molecule has 16 heteroatoms. The minimum absolute atomic E-state index is 0.893. The Morgan fingerprint density at radius 1 is 0.565 bits per heavy atom. The van der Waals surface area contributed by atoms with Crippen molar-refractivity contribution < 1.29 is 51.9 Å². The normalized spacial score (nSPS) is 16.9. The molecule has 0 amide bonds. The molecule has 0 aromatic carbocycles. The van der Waals surface area contributed by atoms with Gasteiger partial charge in [0.05, 0.1) is 22.0 Å². The molecule has 2 atom stereocenters. The van der Waals surface area contributed by atoms with Gasteiger partial charge in [0, 0.05) is 0 Å². The quantitative estimate of drug-likeness (QED) is 0.295. The highest BCUT2D eigenvalue weighted by Gasteiger charge is 2.34. The molecule has 0 aromatic heterocycles. The first-order valence-electron chi connectivity index (χ1n) is 5.75. The molecular formula is C7H16O12S4. The van der Waals surface area contributed by atoms with Gasteiger partial charge in [-0.25, -0.2) is 0 Å². The summed E-state index contributed by atoms with van der Waals surface area (Å²) in [6, 6.07) is 0. The van der Waals surface area contributed by atoms with Gasteiger partial charge in [0.1, 0.15) is 0 Å². The Morgan fingerprint density at radius 3 is 1.00 bits per heavy atom. The van der Waals surface area contributed by atoms with E-state index in [2.05, 4.69) is 0 Å². The summed E-state index contributed by atoms with van der Waals surface area (Å²) in [5, 5.41) is -4.00. The van der Waals surface area contributed by atoms with Crippen LogP contribution in [0.4, 0.5) is 0 Å². The summed E-state index contributed by atoms with van der Waals surface area (Å²) in [7, 11) is -19.1. The molecule has 0 aromatic rings. The van der Waals surface area contributed by atoms with E-state index in [1.54, 1.807) is 0 Å². The second-order valence-electron chi connectivity index (χ2n) is 4.66. The van der Waals surface area contributed by atoms with Gasteiger partial charge in [0.2, 0.25) is 0 Å². The largest absolute Gasteiger partial charge is 0.286 e. The van der Waals surface area contributed by atoms with E-state index in [0.29, 0.717) is 0 Å². The molecule has 0 radical (unpaired) electrons. The van der Waals surface area contributed by atoms with Crippen molar-refractivity contribution in [1.82, 2.24) is 0 Å². The molecule has 12 nitrogen and oxygen atoms in total. The third kappa shape index (κ3) is 10.9. The van der Waals surface area contributed by atoms with E-state index in [1.165, 1.54) is 0 Å². The highest BCUT2D eigenvalue weighted by molar-refractivity contribution is 7.88. The van der Waals surface area contributed by atoms with Crippen molar-refractivity contribution in [2.45, 2.75) is 29.8 Å². The van der Waals surface area contributed by atoms with Gasteiger partial charge in [-0.2, -0.15) is 33.7 Å². The topological polar surface area (TPSA) is 217 Å². The van der Waals surface area contributed by atoms with Crippen molar-refractivity contribution in [3.63, 3.8) is 0 Å². The average molecular weight is 420 g/mol. The molecule has 0 bridgehead atoms. The summed E-state index contributed by atoms with van der Waals surface area (Å²) < 4.78 is 122. The number of hydrogen-bond acceptors (Lipinski definition) is 8. The van der Waals surface area contributed by atoms with Crippen LogP contribution in [0.25, 0.3) is 0 Å². The van der Waals surface area contributed by atoms with Gasteiger partial charge in [0.15, 0.2) is 0 Å². The lowest BCUT2D eigenvalue weighted by Crippen LogP contribution is -2.33. The van der Waals surface area contributed by atoms with Crippen LogP contribution in [-0.4, -0.2) is 73.9 Å². The molecule has 0 spiro atoms. The predicted octanol–water partition coefficient (Wildman–Crippen LogP) is -1.55.